The minimum absolute atomic E-state index is 0.142. The van der Waals surface area contributed by atoms with Crippen LogP contribution < -0.4 is 0 Å². The molecule has 2 heterocycles. The molecule has 0 aromatic carbocycles. The Balaban J connectivity index is 2.30. The molecule has 16 heavy (non-hydrogen) atoms. The minimum atomic E-state index is -0.952. The van der Waals surface area contributed by atoms with Gasteiger partial charge < -0.3 is 9.84 Å². The summed E-state index contributed by atoms with van der Waals surface area (Å²) in [6.45, 7) is 12.6. The molecule has 92 valence electrons. The van der Waals surface area contributed by atoms with Crippen molar-refractivity contribution in [3.63, 3.8) is 0 Å². The summed E-state index contributed by atoms with van der Waals surface area (Å²) in [7, 11) is 0. The Bertz CT molecular complexity index is 308. The van der Waals surface area contributed by atoms with E-state index in [1.54, 1.807) is 0 Å². The van der Waals surface area contributed by atoms with Crippen molar-refractivity contribution in [1.82, 2.24) is 0 Å². The van der Waals surface area contributed by atoms with Gasteiger partial charge in [-0.1, -0.05) is 32.9 Å². The fraction of sp³-hybridized carbons (Fsp3) is 0.857. The highest BCUT2D eigenvalue weighted by Crippen LogP contribution is 2.53. The summed E-state index contributed by atoms with van der Waals surface area (Å²) in [5.41, 5.74) is 1.04. The van der Waals surface area contributed by atoms with Crippen molar-refractivity contribution in [2.24, 2.45) is 17.3 Å². The summed E-state index contributed by atoms with van der Waals surface area (Å²) < 4.78 is 5.93. The third kappa shape index (κ3) is 1.63. The number of hydrogen-bond donors (Lipinski definition) is 1. The number of allylic oxidation sites excluding steroid dienone is 1. The van der Waals surface area contributed by atoms with Crippen molar-refractivity contribution < 1.29 is 9.84 Å². The first-order valence-electron chi connectivity index (χ1n) is 6.32. The van der Waals surface area contributed by atoms with E-state index in [1.807, 2.05) is 0 Å². The lowest BCUT2D eigenvalue weighted by Gasteiger charge is -2.56. The molecule has 2 aliphatic heterocycles. The molecular weight excluding hydrogens is 200 g/mol. The number of ether oxygens (including phenoxy) is 1. The topological polar surface area (TPSA) is 29.5 Å². The number of hydrogen-bond acceptors (Lipinski definition) is 2. The molecule has 0 aliphatic carbocycles. The summed E-state index contributed by atoms with van der Waals surface area (Å²) in [4.78, 5) is 0. The molecule has 0 aromatic heterocycles. The Kier molecular flexibility index (Phi) is 2.71. The Hall–Kier alpha value is -0.340. The zero-order valence-electron chi connectivity index (χ0n) is 10.9. The van der Waals surface area contributed by atoms with Crippen LogP contribution in [0.2, 0.25) is 0 Å². The average molecular weight is 224 g/mol. The molecule has 4 atom stereocenters. The average Bonchev–Trinajstić information content (AvgIpc) is 2.17. The Morgan fingerprint density at radius 2 is 2.06 bits per heavy atom. The van der Waals surface area contributed by atoms with Crippen molar-refractivity contribution in [3.05, 3.63) is 12.2 Å². The van der Waals surface area contributed by atoms with E-state index < -0.39 is 5.79 Å². The van der Waals surface area contributed by atoms with E-state index in [0.717, 1.165) is 12.8 Å². The molecule has 0 saturated carbocycles. The van der Waals surface area contributed by atoms with Crippen LogP contribution in [0.3, 0.4) is 0 Å². The van der Waals surface area contributed by atoms with Gasteiger partial charge in [0, 0.05) is 11.8 Å². The van der Waals surface area contributed by atoms with E-state index in [4.69, 9.17) is 4.74 Å². The molecule has 2 fully saturated rings. The summed E-state index contributed by atoms with van der Waals surface area (Å²) in [5, 5.41) is 10.7. The third-order valence-corrected chi connectivity index (χ3v) is 4.81. The maximum Gasteiger partial charge on any atom is 0.171 e. The smallest absolute Gasteiger partial charge is 0.171 e. The molecule has 0 aromatic rings. The third-order valence-electron chi connectivity index (χ3n) is 4.81. The van der Waals surface area contributed by atoms with E-state index in [1.165, 1.54) is 5.57 Å². The van der Waals surface area contributed by atoms with E-state index in [0.29, 0.717) is 18.3 Å². The van der Waals surface area contributed by atoms with Crippen LogP contribution in [0.5, 0.6) is 0 Å². The lowest BCUT2D eigenvalue weighted by molar-refractivity contribution is -0.347. The van der Waals surface area contributed by atoms with Crippen molar-refractivity contribution in [2.75, 3.05) is 0 Å². The molecule has 1 N–H and O–H groups in total. The second kappa shape index (κ2) is 3.58. The van der Waals surface area contributed by atoms with Crippen LogP contribution in [-0.4, -0.2) is 17.0 Å². The molecule has 0 spiro atoms. The molecule has 2 bridgehead atoms. The fourth-order valence-electron chi connectivity index (χ4n) is 3.23. The quantitative estimate of drug-likeness (QED) is 0.693. The normalized spacial score (nSPS) is 46.4. The predicted molar refractivity (Wildman–Crippen MR) is 64.9 cm³/mol. The fourth-order valence-corrected chi connectivity index (χ4v) is 3.23. The first-order valence-corrected chi connectivity index (χ1v) is 6.32. The van der Waals surface area contributed by atoms with Gasteiger partial charge in [-0.2, -0.15) is 0 Å². The largest absolute Gasteiger partial charge is 0.365 e. The monoisotopic (exact) mass is 224 g/mol. The summed E-state index contributed by atoms with van der Waals surface area (Å²) in [6.07, 6.45) is 3.00. The standard InChI is InChI=1S/C14H24O2/c1-9(2)11-8-14(15)13(4,5)7-6-12(16-14)10(11)3/h10-12,15H,1,6-8H2,2-5H3. The van der Waals surface area contributed by atoms with Gasteiger partial charge in [-0.05, 0) is 31.6 Å². The van der Waals surface area contributed by atoms with Gasteiger partial charge in [-0.15, -0.1) is 0 Å². The summed E-state index contributed by atoms with van der Waals surface area (Å²) in [6, 6.07) is 0. The number of rotatable bonds is 1. The molecule has 0 radical (unpaired) electrons. The Morgan fingerprint density at radius 1 is 1.44 bits per heavy atom. The first-order chi connectivity index (χ1) is 7.27. The molecule has 2 heteroatoms. The van der Waals surface area contributed by atoms with Gasteiger partial charge in [0.2, 0.25) is 0 Å². The van der Waals surface area contributed by atoms with Crippen LogP contribution in [0, 0.1) is 17.3 Å². The molecule has 2 nitrogen and oxygen atoms in total. The van der Waals surface area contributed by atoms with Gasteiger partial charge in [0.25, 0.3) is 0 Å². The lowest BCUT2D eigenvalue weighted by atomic mass is 9.64. The maximum atomic E-state index is 10.7. The van der Waals surface area contributed by atoms with Crippen LogP contribution in [0.15, 0.2) is 12.2 Å². The van der Waals surface area contributed by atoms with Crippen LogP contribution in [0.25, 0.3) is 0 Å². The van der Waals surface area contributed by atoms with E-state index in [-0.39, 0.29) is 11.5 Å². The summed E-state index contributed by atoms with van der Waals surface area (Å²) in [5.74, 6) is -0.0799. The molecule has 2 rings (SSSR count). The Morgan fingerprint density at radius 3 is 2.62 bits per heavy atom. The SMILES string of the molecule is C=C(C)C1CC2(O)OC(CCC2(C)C)C1C. The van der Waals surface area contributed by atoms with Crippen molar-refractivity contribution >= 4 is 0 Å². The zero-order valence-corrected chi connectivity index (χ0v) is 10.9. The van der Waals surface area contributed by atoms with Gasteiger partial charge >= 0.3 is 0 Å². The summed E-state index contributed by atoms with van der Waals surface area (Å²) >= 11 is 0. The predicted octanol–water partition coefficient (Wildman–Crippen LogP) is 3.11. The van der Waals surface area contributed by atoms with Crippen molar-refractivity contribution in [1.29, 1.82) is 0 Å². The van der Waals surface area contributed by atoms with Gasteiger partial charge in [-0.3, -0.25) is 0 Å². The van der Waals surface area contributed by atoms with Crippen LogP contribution in [-0.2, 0) is 4.74 Å². The van der Waals surface area contributed by atoms with Crippen molar-refractivity contribution in [2.45, 2.75) is 58.8 Å². The second-order valence-corrected chi connectivity index (χ2v) is 6.38. The van der Waals surface area contributed by atoms with Crippen LogP contribution in [0.1, 0.15) is 47.0 Å². The number of aliphatic hydroxyl groups is 1. The van der Waals surface area contributed by atoms with Crippen LogP contribution in [0.4, 0.5) is 0 Å². The molecule has 2 saturated heterocycles. The second-order valence-electron chi connectivity index (χ2n) is 6.38. The highest BCUT2D eigenvalue weighted by atomic mass is 16.6. The Labute approximate surface area is 98.7 Å². The van der Waals surface area contributed by atoms with Crippen molar-refractivity contribution in [3.8, 4) is 0 Å². The minimum Gasteiger partial charge on any atom is -0.365 e. The highest BCUT2D eigenvalue weighted by Gasteiger charge is 2.55. The zero-order chi connectivity index (χ0) is 12.1. The first kappa shape index (κ1) is 12.1. The van der Waals surface area contributed by atoms with Gasteiger partial charge in [0.15, 0.2) is 5.79 Å². The van der Waals surface area contributed by atoms with Gasteiger partial charge in [0.05, 0.1) is 6.10 Å². The number of fused-ring (bicyclic) bond motifs is 2. The molecule has 4 unspecified atom stereocenters. The van der Waals surface area contributed by atoms with E-state index in [9.17, 15) is 5.11 Å². The van der Waals surface area contributed by atoms with Crippen LogP contribution >= 0.6 is 0 Å². The van der Waals surface area contributed by atoms with Gasteiger partial charge in [0.1, 0.15) is 0 Å². The lowest BCUT2D eigenvalue weighted by Crippen LogP contribution is -2.60. The van der Waals surface area contributed by atoms with E-state index in [2.05, 4.69) is 34.3 Å². The highest BCUT2D eigenvalue weighted by molar-refractivity contribution is 5.08. The molecule has 0 amide bonds. The van der Waals surface area contributed by atoms with Gasteiger partial charge in [-0.25, -0.2) is 0 Å². The molecular formula is C14H24O2. The molecule has 2 aliphatic rings. The van der Waals surface area contributed by atoms with E-state index >= 15 is 0 Å². The maximum absolute atomic E-state index is 10.7.